The quantitative estimate of drug-likeness (QED) is 0.941. The lowest BCUT2D eigenvalue weighted by molar-refractivity contribution is 0.679. The highest BCUT2D eigenvalue weighted by Crippen LogP contribution is 2.23. The number of aromatic nitrogens is 3. The van der Waals surface area contributed by atoms with Gasteiger partial charge in [0.05, 0.1) is 5.69 Å². The van der Waals surface area contributed by atoms with Gasteiger partial charge in [0.1, 0.15) is 11.6 Å². The predicted molar refractivity (Wildman–Crippen MR) is 78.4 cm³/mol. The van der Waals surface area contributed by atoms with Crippen molar-refractivity contribution in [2.24, 2.45) is 0 Å². The van der Waals surface area contributed by atoms with Crippen molar-refractivity contribution in [2.45, 2.75) is 39.3 Å². The Morgan fingerprint density at radius 3 is 2.79 bits per heavy atom. The monoisotopic (exact) mass is 320 g/mol. The number of aryl methyl sites for hydroxylation is 2. The smallest absolute Gasteiger partial charge is 0.148 e. The van der Waals surface area contributed by atoms with Crippen LogP contribution in [0.3, 0.4) is 0 Å². The molecule has 1 aromatic heterocycles. The van der Waals surface area contributed by atoms with Gasteiger partial charge in [-0.2, -0.15) is 5.10 Å². The Morgan fingerprint density at radius 2 is 2.16 bits per heavy atom. The van der Waals surface area contributed by atoms with Crippen molar-refractivity contribution in [1.29, 1.82) is 0 Å². The minimum atomic E-state index is 0.699. The zero-order valence-electron chi connectivity index (χ0n) is 11.2. The maximum Gasteiger partial charge on any atom is 0.148 e. The third-order valence-corrected chi connectivity index (χ3v) is 3.80. The molecule has 1 aliphatic rings. The number of hydrogen-bond acceptors (Lipinski definition) is 3. The second-order valence-corrected chi connectivity index (χ2v) is 5.96. The van der Waals surface area contributed by atoms with Crippen LogP contribution in [0.4, 0.5) is 0 Å². The Hall–Kier alpha value is -1.20. The van der Waals surface area contributed by atoms with Crippen LogP contribution in [0.25, 0.3) is 5.69 Å². The van der Waals surface area contributed by atoms with Crippen molar-refractivity contribution in [3.8, 4) is 5.69 Å². The van der Waals surface area contributed by atoms with Gasteiger partial charge >= 0.3 is 0 Å². The van der Waals surface area contributed by atoms with Crippen LogP contribution in [-0.4, -0.2) is 20.8 Å². The Kier molecular flexibility index (Phi) is 3.41. The van der Waals surface area contributed by atoms with Crippen LogP contribution in [-0.2, 0) is 6.54 Å². The van der Waals surface area contributed by atoms with Crippen LogP contribution < -0.4 is 5.32 Å². The summed E-state index contributed by atoms with van der Waals surface area (Å²) in [5.41, 5.74) is 2.35. The van der Waals surface area contributed by atoms with Crippen LogP contribution in [0.1, 0.15) is 30.1 Å². The van der Waals surface area contributed by atoms with Crippen LogP contribution in [0.15, 0.2) is 22.7 Å². The molecule has 0 atom stereocenters. The SMILES string of the molecule is Cc1nc(C)n(-c2ccc(Br)cc2CNC2CC2)n1. The van der Waals surface area contributed by atoms with Crippen molar-refractivity contribution in [2.75, 3.05) is 0 Å². The van der Waals surface area contributed by atoms with E-state index in [1.54, 1.807) is 0 Å². The first-order valence-corrected chi connectivity index (χ1v) is 7.35. The first-order valence-electron chi connectivity index (χ1n) is 6.56. The standard InChI is InChI=1S/C14H17BrN4/c1-9-17-10(2)19(18-9)14-6-3-12(15)7-11(14)8-16-13-4-5-13/h3,6-7,13,16H,4-5,8H2,1-2H3. The van der Waals surface area contributed by atoms with Crippen molar-refractivity contribution in [3.63, 3.8) is 0 Å². The fourth-order valence-electron chi connectivity index (χ4n) is 2.19. The largest absolute Gasteiger partial charge is 0.310 e. The predicted octanol–water partition coefficient (Wildman–Crippen LogP) is 2.90. The highest BCUT2D eigenvalue weighted by atomic mass is 79.9. The summed E-state index contributed by atoms with van der Waals surface area (Å²) >= 11 is 3.54. The van der Waals surface area contributed by atoms with E-state index in [0.29, 0.717) is 6.04 Å². The Balaban J connectivity index is 1.96. The number of halogens is 1. The summed E-state index contributed by atoms with van der Waals surface area (Å²) in [6, 6.07) is 6.99. The van der Waals surface area contributed by atoms with E-state index < -0.39 is 0 Å². The molecule has 0 aliphatic heterocycles. The molecule has 1 fully saturated rings. The van der Waals surface area contributed by atoms with E-state index in [0.717, 1.165) is 28.4 Å². The zero-order chi connectivity index (χ0) is 13.4. The average molecular weight is 321 g/mol. The molecule has 4 nitrogen and oxygen atoms in total. The van der Waals surface area contributed by atoms with Crippen molar-refractivity contribution in [3.05, 3.63) is 39.9 Å². The highest BCUT2D eigenvalue weighted by molar-refractivity contribution is 9.10. The molecule has 0 unspecified atom stereocenters. The molecule has 100 valence electrons. The summed E-state index contributed by atoms with van der Waals surface area (Å²) in [6.45, 7) is 4.78. The minimum absolute atomic E-state index is 0.699. The zero-order valence-corrected chi connectivity index (χ0v) is 12.7. The van der Waals surface area contributed by atoms with Gasteiger partial charge in [0.2, 0.25) is 0 Å². The Bertz CT molecular complexity index is 601. The average Bonchev–Trinajstić information content (AvgIpc) is 3.12. The molecular formula is C14H17BrN4. The Morgan fingerprint density at radius 1 is 1.37 bits per heavy atom. The van der Waals surface area contributed by atoms with Crippen molar-refractivity contribution >= 4 is 15.9 Å². The van der Waals surface area contributed by atoms with Crippen LogP contribution in [0.2, 0.25) is 0 Å². The number of hydrogen-bond donors (Lipinski definition) is 1. The molecule has 19 heavy (non-hydrogen) atoms. The van der Waals surface area contributed by atoms with Crippen LogP contribution in [0.5, 0.6) is 0 Å². The molecule has 0 amide bonds. The molecule has 1 saturated carbocycles. The second-order valence-electron chi connectivity index (χ2n) is 5.05. The first kappa shape index (κ1) is 12.8. The third kappa shape index (κ3) is 2.87. The molecule has 0 spiro atoms. The molecular weight excluding hydrogens is 304 g/mol. The van der Waals surface area contributed by atoms with Gasteiger partial charge in [-0.3, -0.25) is 0 Å². The summed E-state index contributed by atoms with van der Waals surface area (Å²) in [5, 5.41) is 8.03. The fraction of sp³-hybridized carbons (Fsp3) is 0.429. The van der Waals surface area contributed by atoms with Crippen LogP contribution in [0, 0.1) is 13.8 Å². The van der Waals surface area contributed by atoms with Gasteiger partial charge in [0.15, 0.2) is 0 Å². The van der Waals surface area contributed by atoms with Crippen molar-refractivity contribution in [1.82, 2.24) is 20.1 Å². The summed E-state index contributed by atoms with van der Waals surface area (Å²) in [6.07, 6.45) is 2.59. The topological polar surface area (TPSA) is 42.7 Å². The number of rotatable bonds is 4. The van der Waals surface area contributed by atoms with Crippen molar-refractivity contribution < 1.29 is 0 Å². The number of nitrogens with zero attached hydrogens (tertiary/aromatic N) is 3. The number of nitrogens with one attached hydrogen (secondary N) is 1. The lowest BCUT2D eigenvalue weighted by atomic mass is 10.1. The maximum absolute atomic E-state index is 4.48. The first-order chi connectivity index (χ1) is 9.13. The van der Waals surface area contributed by atoms with E-state index in [2.05, 4.69) is 43.5 Å². The van der Waals surface area contributed by atoms with E-state index >= 15 is 0 Å². The molecule has 3 rings (SSSR count). The van der Waals surface area contributed by atoms with E-state index in [1.807, 2.05) is 24.6 Å². The molecule has 0 saturated heterocycles. The maximum atomic E-state index is 4.48. The van der Waals surface area contributed by atoms with Crippen LogP contribution >= 0.6 is 15.9 Å². The fourth-order valence-corrected chi connectivity index (χ4v) is 2.60. The molecule has 2 aromatic rings. The van der Waals surface area contributed by atoms with Gasteiger partial charge in [-0.1, -0.05) is 15.9 Å². The van der Waals surface area contributed by atoms with Gasteiger partial charge in [-0.15, -0.1) is 0 Å². The summed E-state index contributed by atoms with van der Waals surface area (Å²) in [4.78, 5) is 4.38. The highest BCUT2D eigenvalue weighted by Gasteiger charge is 2.21. The number of benzene rings is 1. The molecule has 0 bridgehead atoms. The molecule has 1 aliphatic carbocycles. The molecule has 1 heterocycles. The molecule has 1 aromatic carbocycles. The van der Waals surface area contributed by atoms with Gasteiger partial charge in [-0.25, -0.2) is 9.67 Å². The third-order valence-electron chi connectivity index (χ3n) is 3.30. The van der Waals surface area contributed by atoms with Gasteiger partial charge in [-0.05, 0) is 50.5 Å². The Labute approximate surface area is 121 Å². The lowest BCUT2D eigenvalue weighted by Crippen LogP contribution is -2.17. The lowest BCUT2D eigenvalue weighted by Gasteiger charge is -2.12. The summed E-state index contributed by atoms with van der Waals surface area (Å²) < 4.78 is 3.02. The van der Waals surface area contributed by atoms with E-state index in [-0.39, 0.29) is 0 Å². The van der Waals surface area contributed by atoms with E-state index in [1.165, 1.54) is 18.4 Å². The molecule has 1 N–H and O–H groups in total. The van der Waals surface area contributed by atoms with Gasteiger partial charge in [0.25, 0.3) is 0 Å². The van der Waals surface area contributed by atoms with E-state index in [4.69, 9.17) is 0 Å². The summed E-state index contributed by atoms with van der Waals surface area (Å²) in [5.74, 6) is 1.73. The molecule has 0 radical (unpaired) electrons. The summed E-state index contributed by atoms with van der Waals surface area (Å²) in [7, 11) is 0. The minimum Gasteiger partial charge on any atom is -0.310 e. The van der Waals surface area contributed by atoms with Gasteiger partial charge < -0.3 is 5.32 Å². The van der Waals surface area contributed by atoms with E-state index in [9.17, 15) is 0 Å². The normalized spacial score (nSPS) is 14.9. The molecule has 5 heteroatoms. The second kappa shape index (κ2) is 5.06. The van der Waals surface area contributed by atoms with Gasteiger partial charge in [0, 0.05) is 17.1 Å².